The van der Waals surface area contributed by atoms with Gasteiger partial charge in [-0.1, -0.05) is 6.07 Å². The van der Waals surface area contributed by atoms with Crippen LogP contribution in [0.25, 0.3) is 0 Å². The molecule has 0 bridgehead atoms. The van der Waals surface area contributed by atoms with Gasteiger partial charge in [-0.2, -0.15) is 18.3 Å². The molecule has 2 heterocycles. The summed E-state index contributed by atoms with van der Waals surface area (Å²) < 4.78 is 46.7. The zero-order valence-corrected chi connectivity index (χ0v) is 14.6. The standard InChI is InChI=1S/C17H19F3N4O3/c1-26-14-6-10(2-3-13(14)27-9-17(18,19)20)7-22-16(25)15-11-8-21-5-4-12(11)23-24-15/h2-3,6,21H,4-5,7-9H2,1H3,(H,22,25)(H,23,24). The summed E-state index contributed by atoms with van der Waals surface area (Å²) in [4.78, 5) is 12.4. The van der Waals surface area contributed by atoms with Crippen molar-refractivity contribution in [3.05, 3.63) is 40.7 Å². The van der Waals surface area contributed by atoms with E-state index < -0.39 is 12.8 Å². The van der Waals surface area contributed by atoms with E-state index in [1.54, 1.807) is 6.07 Å². The fraction of sp³-hybridized carbons (Fsp3) is 0.412. The largest absolute Gasteiger partial charge is 0.493 e. The third-order valence-corrected chi connectivity index (χ3v) is 4.09. The molecule has 0 atom stereocenters. The Morgan fingerprint density at radius 1 is 1.33 bits per heavy atom. The summed E-state index contributed by atoms with van der Waals surface area (Å²) in [6.07, 6.45) is -3.65. The van der Waals surface area contributed by atoms with Crippen molar-refractivity contribution in [2.75, 3.05) is 20.3 Å². The fourth-order valence-electron chi connectivity index (χ4n) is 2.78. The van der Waals surface area contributed by atoms with Crippen LogP contribution in [0.5, 0.6) is 11.5 Å². The molecular formula is C17H19F3N4O3. The molecule has 10 heteroatoms. The average Bonchev–Trinajstić information content (AvgIpc) is 3.08. The van der Waals surface area contributed by atoms with Crippen LogP contribution in [-0.2, 0) is 19.5 Å². The van der Waals surface area contributed by atoms with Gasteiger partial charge in [-0.15, -0.1) is 0 Å². The van der Waals surface area contributed by atoms with Crippen LogP contribution in [0.15, 0.2) is 18.2 Å². The van der Waals surface area contributed by atoms with Gasteiger partial charge in [0.05, 0.1) is 7.11 Å². The van der Waals surface area contributed by atoms with Crippen molar-refractivity contribution in [1.82, 2.24) is 20.8 Å². The number of methoxy groups -OCH3 is 1. The second kappa shape index (κ2) is 7.87. The van der Waals surface area contributed by atoms with Crippen molar-refractivity contribution in [2.24, 2.45) is 0 Å². The van der Waals surface area contributed by atoms with Gasteiger partial charge in [0.15, 0.2) is 23.8 Å². The highest BCUT2D eigenvalue weighted by molar-refractivity contribution is 5.94. The van der Waals surface area contributed by atoms with Crippen LogP contribution in [0, 0.1) is 0 Å². The number of nitrogens with zero attached hydrogens (tertiary/aromatic N) is 1. The summed E-state index contributed by atoms with van der Waals surface area (Å²) in [5.74, 6) is -0.183. The van der Waals surface area contributed by atoms with E-state index in [0.717, 1.165) is 24.2 Å². The van der Waals surface area contributed by atoms with Gasteiger partial charge in [-0.25, -0.2) is 0 Å². The molecule has 1 aromatic heterocycles. The van der Waals surface area contributed by atoms with E-state index in [2.05, 4.69) is 20.8 Å². The minimum absolute atomic E-state index is 0.0163. The highest BCUT2D eigenvalue weighted by Crippen LogP contribution is 2.29. The third kappa shape index (κ3) is 4.70. The molecule has 3 rings (SSSR count). The molecular weight excluding hydrogens is 365 g/mol. The lowest BCUT2D eigenvalue weighted by Crippen LogP contribution is -2.28. The molecule has 0 unspecified atom stereocenters. The van der Waals surface area contributed by atoms with Crippen molar-refractivity contribution in [2.45, 2.75) is 25.7 Å². The van der Waals surface area contributed by atoms with Crippen LogP contribution >= 0.6 is 0 Å². The van der Waals surface area contributed by atoms with Gasteiger partial charge < -0.3 is 20.1 Å². The Bertz CT molecular complexity index is 820. The van der Waals surface area contributed by atoms with Crippen LogP contribution in [-0.4, -0.2) is 42.5 Å². The Labute approximate surface area is 153 Å². The smallest absolute Gasteiger partial charge is 0.422 e. The summed E-state index contributed by atoms with van der Waals surface area (Å²) >= 11 is 0. The number of hydrogen-bond donors (Lipinski definition) is 3. The van der Waals surface area contributed by atoms with Crippen LogP contribution in [0.3, 0.4) is 0 Å². The lowest BCUT2D eigenvalue weighted by molar-refractivity contribution is -0.153. The Morgan fingerprint density at radius 3 is 2.89 bits per heavy atom. The minimum atomic E-state index is -4.44. The molecule has 0 saturated carbocycles. The average molecular weight is 384 g/mol. The summed E-state index contributed by atoms with van der Waals surface area (Å²) in [5.41, 5.74) is 2.80. The number of halogens is 3. The molecule has 1 aromatic carbocycles. The van der Waals surface area contributed by atoms with Gasteiger partial charge in [0.25, 0.3) is 5.91 Å². The molecule has 27 heavy (non-hydrogen) atoms. The summed E-state index contributed by atoms with van der Waals surface area (Å²) in [6, 6.07) is 4.47. The quantitative estimate of drug-likeness (QED) is 0.709. The Kier molecular flexibility index (Phi) is 5.54. The van der Waals surface area contributed by atoms with E-state index in [-0.39, 0.29) is 24.0 Å². The number of fused-ring (bicyclic) bond motifs is 1. The Hall–Kier alpha value is -2.75. The number of nitrogens with one attached hydrogen (secondary N) is 3. The number of aromatic amines is 1. The number of benzene rings is 1. The molecule has 1 amide bonds. The first-order valence-electron chi connectivity index (χ1n) is 8.29. The zero-order chi connectivity index (χ0) is 19.4. The topological polar surface area (TPSA) is 88.3 Å². The first-order chi connectivity index (χ1) is 12.9. The normalized spacial score (nSPS) is 13.8. The zero-order valence-electron chi connectivity index (χ0n) is 14.6. The number of ether oxygens (including phenoxy) is 2. The number of hydrogen-bond acceptors (Lipinski definition) is 5. The molecule has 1 aliphatic rings. The van der Waals surface area contributed by atoms with E-state index in [9.17, 15) is 18.0 Å². The van der Waals surface area contributed by atoms with Crippen LogP contribution in [0.2, 0.25) is 0 Å². The van der Waals surface area contributed by atoms with E-state index in [1.165, 1.54) is 19.2 Å². The maximum atomic E-state index is 12.4. The number of aromatic nitrogens is 2. The van der Waals surface area contributed by atoms with E-state index in [1.807, 2.05) is 0 Å². The predicted octanol–water partition coefficient (Wildman–Crippen LogP) is 1.94. The molecule has 2 aromatic rings. The van der Waals surface area contributed by atoms with Gasteiger partial charge in [0.2, 0.25) is 0 Å². The maximum Gasteiger partial charge on any atom is 0.422 e. The number of carbonyl (C=O) groups excluding carboxylic acids is 1. The third-order valence-electron chi connectivity index (χ3n) is 4.09. The number of H-pyrrole nitrogens is 1. The molecule has 0 spiro atoms. The maximum absolute atomic E-state index is 12.4. The molecule has 1 aliphatic heterocycles. The Morgan fingerprint density at radius 2 is 2.15 bits per heavy atom. The van der Waals surface area contributed by atoms with Gasteiger partial charge in [0, 0.05) is 37.3 Å². The Balaban J connectivity index is 1.64. The lowest BCUT2D eigenvalue weighted by Gasteiger charge is -2.14. The predicted molar refractivity (Wildman–Crippen MR) is 89.7 cm³/mol. The molecule has 0 aliphatic carbocycles. The summed E-state index contributed by atoms with van der Waals surface area (Å²) in [5, 5.41) is 12.9. The number of rotatable bonds is 6. The molecule has 3 N–H and O–H groups in total. The van der Waals surface area contributed by atoms with Gasteiger partial charge >= 0.3 is 6.18 Å². The van der Waals surface area contributed by atoms with Gasteiger partial charge in [0.1, 0.15) is 0 Å². The van der Waals surface area contributed by atoms with Crippen molar-refractivity contribution >= 4 is 5.91 Å². The second-order valence-corrected chi connectivity index (χ2v) is 6.03. The summed E-state index contributed by atoms with van der Waals surface area (Å²) in [6.45, 7) is 0.175. The molecule has 146 valence electrons. The van der Waals surface area contributed by atoms with Crippen LogP contribution < -0.4 is 20.1 Å². The van der Waals surface area contributed by atoms with E-state index >= 15 is 0 Å². The first-order valence-corrected chi connectivity index (χ1v) is 8.29. The van der Waals surface area contributed by atoms with Crippen molar-refractivity contribution in [3.63, 3.8) is 0 Å². The second-order valence-electron chi connectivity index (χ2n) is 6.03. The first kappa shape index (κ1) is 19.0. The van der Waals surface area contributed by atoms with Crippen LogP contribution in [0.1, 0.15) is 27.3 Å². The monoisotopic (exact) mass is 384 g/mol. The number of carbonyl (C=O) groups is 1. The van der Waals surface area contributed by atoms with Crippen molar-refractivity contribution in [1.29, 1.82) is 0 Å². The molecule has 0 saturated heterocycles. The number of amides is 1. The summed E-state index contributed by atoms with van der Waals surface area (Å²) in [7, 11) is 1.33. The van der Waals surface area contributed by atoms with Gasteiger partial charge in [-0.05, 0) is 17.7 Å². The SMILES string of the molecule is COc1cc(CNC(=O)c2n[nH]c3c2CNCC3)ccc1OCC(F)(F)F. The number of alkyl halides is 3. The lowest BCUT2D eigenvalue weighted by atomic mass is 10.1. The molecule has 7 nitrogen and oxygen atoms in total. The highest BCUT2D eigenvalue weighted by Gasteiger charge is 2.29. The molecule has 0 radical (unpaired) electrons. The van der Waals surface area contributed by atoms with E-state index in [0.29, 0.717) is 17.8 Å². The molecule has 0 fully saturated rings. The van der Waals surface area contributed by atoms with Crippen molar-refractivity contribution in [3.8, 4) is 11.5 Å². The fourth-order valence-corrected chi connectivity index (χ4v) is 2.78. The highest BCUT2D eigenvalue weighted by atomic mass is 19.4. The van der Waals surface area contributed by atoms with Crippen molar-refractivity contribution < 1.29 is 27.4 Å². The van der Waals surface area contributed by atoms with Crippen LogP contribution in [0.4, 0.5) is 13.2 Å². The minimum Gasteiger partial charge on any atom is -0.493 e. The van der Waals surface area contributed by atoms with Gasteiger partial charge in [-0.3, -0.25) is 9.89 Å². The van der Waals surface area contributed by atoms with E-state index in [4.69, 9.17) is 9.47 Å².